The lowest BCUT2D eigenvalue weighted by molar-refractivity contribution is -0.671. The number of likely N-dealkylation sites (N-methyl/N-ethyl adjacent to an activating group) is 1. The van der Waals surface area contributed by atoms with Crippen LogP contribution in [-0.2, 0) is 7.05 Å². The molecule has 1 aromatic heterocycles. The van der Waals surface area contributed by atoms with E-state index in [0.29, 0.717) is 6.04 Å². The fourth-order valence-corrected chi connectivity index (χ4v) is 1.95. The molecule has 2 rings (SSSR count). The van der Waals surface area contributed by atoms with Gasteiger partial charge in [0, 0.05) is 18.2 Å². The van der Waals surface area contributed by atoms with Gasteiger partial charge in [-0.15, -0.1) is 0 Å². The third kappa shape index (κ3) is 3.41. The Morgan fingerprint density at radius 2 is 1.94 bits per heavy atom. The number of aromatic nitrogens is 1. The summed E-state index contributed by atoms with van der Waals surface area (Å²) in [7, 11) is 6.27. The van der Waals surface area contributed by atoms with Crippen LogP contribution in [0, 0.1) is 0 Å². The zero-order chi connectivity index (χ0) is 13.0. The highest BCUT2D eigenvalue weighted by Gasteiger charge is 2.08. The van der Waals surface area contributed by atoms with E-state index in [1.165, 1.54) is 11.1 Å². The summed E-state index contributed by atoms with van der Waals surface area (Å²) >= 11 is 0. The summed E-state index contributed by atoms with van der Waals surface area (Å²) in [6.45, 7) is 0. The van der Waals surface area contributed by atoms with Crippen LogP contribution in [0.25, 0.3) is 6.08 Å². The van der Waals surface area contributed by atoms with E-state index < -0.39 is 0 Å². The Balaban J connectivity index is 1.99. The Bertz CT molecular complexity index is 478. The minimum Gasteiger partial charge on any atom is -0.303 e. The molecule has 0 amide bonds. The zero-order valence-corrected chi connectivity index (χ0v) is 11.4. The van der Waals surface area contributed by atoms with Crippen LogP contribution < -0.4 is 4.57 Å². The number of hydrogen-bond acceptors (Lipinski definition) is 1. The van der Waals surface area contributed by atoms with Gasteiger partial charge in [-0.25, -0.2) is 4.57 Å². The highest BCUT2D eigenvalue weighted by molar-refractivity contribution is 5.54. The molecule has 0 fully saturated rings. The summed E-state index contributed by atoms with van der Waals surface area (Å²) in [5.74, 6) is 0. The van der Waals surface area contributed by atoms with Gasteiger partial charge in [0.25, 0.3) is 0 Å². The molecule has 94 valence electrons. The topological polar surface area (TPSA) is 7.12 Å². The predicted molar refractivity (Wildman–Crippen MR) is 76.0 cm³/mol. The molecular formula is C16H21N2+. The molecule has 1 heterocycles. The average Bonchev–Trinajstić information content (AvgIpc) is 2.38. The van der Waals surface area contributed by atoms with E-state index in [1.807, 2.05) is 11.6 Å². The monoisotopic (exact) mass is 241 g/mol. The lowest BCUT2D eigenvalue weighted by Gasteiger charge is -2.22. The second kappa shape index (κ2) is 5.78. The van der Waals surface area contributed by atoms with Crippen LogP contribution in [0.2, 0.25) is 0 Å². The molecule has 1 aromatic rings. The van der Waals surface area contributed by atoms with E-state index >= 15 is 0 Å². The van der Waals surface area contributed by atoms with Crippen molar-refractivity contribution in [3.05, 3.63) is 60.0 Å². The van der Waals surface area contributed by atoms with Gasteiger partial charge in [0.1, 0.15) is 7.05 Å². The lowest BCUT2D eigenvalue weighted by atomic mass is 10.0. The Kier molecular flexibility index (Phi) is 4.11. The van der Waals surface area contributed by atoms with Gasteiger partial charge in [0.2, 0.25) is 0 Å². The summed E-state index contributed by atoms with van der Waals surface area (Å²) < 4.78 is 2.04. The number of allylic oxidation sites excluding steroid dienone is 3. The molecule has 1 atom stereocenters. The van der Waals surface area contributed by atoms with Crippen LogP contribution in [0.15, 0.2) is 54.4 Å². The van der Waals surface area contributed by atoms with Crippen molar-refractivity contribution in [2.45, 2.75) is 12.5 Å². The largest absolute Gasteiger partial charge is 0.303 e. The molecule has 2 nitrogen and oxygen atoms in total. The third-order valence-corrected chi connectivity index (χ3v) is 3.24. The average molecular weight is 241 g/mol. The summed E-state index contributed by atoms with van der Waals surface area (Å²) in [6.07, 6.45) is 16.3. The summed E-state index contributed by atoms with van der Waals surface area (Å²) in [5.41, 5.74) is 2.53. The smallest absolute Gasteiger partial charge is 0.169 e. The number of hydrogen-bond donors (Lipinski definition) is 0. The normalized spacial score (nSPS) is 19.6. The van der Waals surface area contributed by atoms with Crippen molar-refractivity contribution in [3.63, 3.8) is 0 Å². The van der Waals surface area contributed by atoms with Gasteiger partial charge in [-0.05, 0) is 31.7 Å². The van der Waals surface area contributed by atoms with Crippen molar-refractivity contribution in [2.24, 2.45) is 7.05 Å². The van der Waals surface area contributed by atoms with Gasteiger partial charge in [-0.1, -0.05) is 30.4 Å². The van der Waals surface area contributed by atoms with Gasteiger partial charge in [0.15, 0.2) is 12.4 Å². The fraction of sp³-hybridized carbons (Fsp3) is 0.312. The third-order valence-electron chi connectivity index (χ3n) is 3.24. The maximum absolute atomic E-state index is 2.30. The maximum Gasteiger partial charge on any atom is 0.169 e. The molecule has 0 N–H and O–H groups in total. The number of pyridine rings is 1. The molecule has 0 saturated heterocycles. The molecule has 1 aliphatic rings. The van der Waals surface area contributed by atoms with Crippen molar-refractivity contribution in [3.8, 4) is 0 Å². The van der Waals surface area contributed by atoms with E-state index in [0.717, 1.165) is 6.42 Å². The maximum atomic E-state index is 2.30. The van der Waals surface area contributed by atoms with Crippen LogP contribution in [0.1, 0.15) is 12.0 Å². The molecule has 0 bridgehead atoms. The first kappa shape index (κ1) is 12.8. The summed E-state index contributed by atoms with van der Waals surface area (Å²) in [4.78, 5) is 2.24. The molecule has 0 aliphatic heterocycles. The molecule has 0 radical (unpaired) electrons. The van der Waals surface area contributed by atoms with Crippen LogP contribution in [0.4, 0.5) is 0 Å². The van der Waals surface area contributed by atoms with Crippen LogP contribution in [0.5, 0.6) is 0 Å². The van der Waals surface area contributed by atoms with Crippen molar-refractivity contribution in [1.29, 1.82) is 0 Å². The van der Waals surface area contributed by atoms with Gasteiger partial charge in [-0.3, -0.25) is 0 Å². The van der Waals surface area contributed by atoms with E-state index in [-0.39, 0.29) is 0 Å². The highest BCUT2D eigenvalue weighted by atomic mass is 15.1. The molecule has 2 heteroatoms. The Morgan fingerprint density at radius 1 is 1.22 bits per heavy atom. The second-order valence-corrected chi connectivity index (χ2v) is 4.96. The minimum absolute atomic E-state index is 0.540. The van der Waals surface area contributed by atoms with E-state index in [4.69, 9.17) is 0 Å². The number of aryl methyl sites for hydroxylation is 1. The Labute approximate surface area is 110 Å². The van der Waals surface area contributed by atoms with Crippen molar-refractivity contribution < 1.29 is 4.57 Å². The Hall–Kier alpha value is -1.67. The van der Waals surface area contributed by atoms with Gasteiger partial charge < -0.3 is 4.90 Å². The summed E-state index contributed by atoms with van der Waals surface area (Å²) in [6, 6.07) is 4.77. The van der Waals surface area contributed by atoms with Gasteiger partial charge in [-0.2, -0.15) is 0 Å². The van der Waals surface area contributed by atoms with E-state index in [2.05, 4.69) is 73.9 Å². The SMILES string of the molecule is CN(C)C1C=CC(C=Cc2cc[n+](C)cc2)=CC1. The molecule has 18 heavy (non-hydrogen) atoms. The molecule has 1 unspecified atom stereocenters. The van der Waals surface area contributed by atoms with E-state index in [1.54, 1.807) is 0 Å². The number of rotatable bonds is 3. The summed E-state index contributed by atoms with van der Waals surface area (Å²) in [5, 5.41) is 0. The minimum atomic E-state index is 0.540. The first-order valence-corrected chi connectivity index (χ1v) is 6.33. The fourth-order valence-electron chi connectivity index (χ4n) is 1.95. The first-order valence-electron chi connectivity index (χ1n) is 6.33. The zero-order valence-electron chi connectivity index (χ0n) is 11.4. The quantitative estimate of drug-likeness (QED) is 0.737. The first-order chi connectivity index (χ1) is 8.65. The van der Waals surface area contributed by atoms with E-state index in [9.17, 15) is 0 Å². The molecule has 1 aliphatic carbocycles. The predicted octanol–water partition coefficient (Wildman–Crippen LogP) is 2.34. The molecule has 0 saturated carbocycles. The highest BCUT2D eigenvalue weighted by Crippen LogP contribution is 2.15. The Morgan fingerprint density at radius 3 is 2.50 bits per heavy atom. The number of nitrogens with zero attached hydrogens (tertiary/aromatic N) is 2. The van der Waals surface area contributed by atoms with Crippen LogP contribution in [-0.4, -0.2) is 25.0 Å². The van der Waals surface area contributed by atoms with Crippen LogP contribution >= 0.6 is 0 Å². The second-order valence-electron chi connectivity index (χ2n) is 4.96. The van der Waals surface area contributed by atoms with Crippen molar-refractivity contribution >= 4 is 6.08 Å². The molecule has 0 aromatic carbocycles. The van der Waals surface area contributed by atoms with Crippen molar-refractivity contribution in [2.75, 3.05) is 14.1 Å². The standard InChI is InChI=1S/C16H21N2/c1-17(2)16-8-6-14(7-9-16)4-5-15-10-12-18(3)13-11-15/h4-8,10-13,16H,9H2,1-3H3/q+1. The lowest BCUT2D eigenvalue weighted by Crippen LogP contribution is -2.26. The van der Waals surface area contributed by atoms with Gasteiger partial charge >= 0.3 is 0 Å². The van der Waals surface area contributed by atoms with Crippen LogP contribution in [0.3, 0.4) is 0 Å². The molecular weight excluding hydrogens is 220 g/mol. The van der Waals surface area contributed by atoms with Crippen molar-refractivity contribution in [1.82, 2.24) is 4.90 Å². The molecule has 0 spiro atoms. The van der Waals surface area contributed by atoms with Gasteiger partial charge in [0.05, 0.1) is 0 Å².